The van der Waals surface area contributed by atoms with Crippen LogP contribution in [0.15, 0.2) is 11.6 Å². The Morgan fingerprint density at radius 3 is 3.05 bits per heavy atom. The Bertz CT molecular complexity index is 450. The molecule has 21 heavy (non-hydrogen) atoms. The minimum atomic E-state index is -0.382. The number of hydrogen-bond donors (Lipinski definition) is 0. The SMILES string of the molecule is CCCSC1CC2=CC(=O)O[C@]2(C)[C@H]2CCCCN2[C@H]1C. The molecular weight excluding hydrogens is 282 g/mol. The van der Waals surface area contributed by atoms with Gasteiger partial charge in [0.2, 0.25) is 0 Å². The first-order valence-corrected chi connectivity index (χ1v) is 9.42. The van der Waals surface area contributed by atoms with Gasteiger partial charge >= 0.3 is 5.97 Å². The maximum atomic E-state index is 11.9. The Kier molecular flexibility index (Phi) is 4.37. The van der Waals surface area contributed by atoms with Gasteiger partial charge in [-0.25, -0.2) is 4.79 Å². The number of carbonyl (C=O) groups is 1. The zero-order valence-electron chi connectivity index (χ0n) is 13.4. The molecule has 4 heteroatoms. The third-order valence-corrected chi connectivity index (χ3v) is 7.07. The lowest BCUT2D eigenvalue weighted by Gasteiger charge is -2.45. The first-order chi connectivity index (χ1) is 10.1. The average Bonchev–Trinajstić information content (AvgIpc) is 2.74. The fourth-order valence-corrected chi connectivity index (χ4v) is 5.51. The predicted molar refractivity (Wildman–Crippen MR) is 87.5 cm³/mol. The molecular formula is C17H27NO2S. The second kappa shape index (κ2) is 5.96. The lowest BCUT2D eigenvalue weighted by atomic mass is 9.83. The highest BCUT2D eigenvalue weighted by Gasteiger charge is 2.52. The van der Waals surface area contributed by atoms with Crippen LogP contribution >= 0.6 is 11.8 Å². The summed E-state index contributed by atoms with van der Waals surface area (Å²) < 4.78 is 5.82. The summed E-state index contributed by atoms with van der Waals surface area (Å²) in [5, 5.41) is 0.577. The smallest absolute Gasteiger partial charge is 0.331 e. The van der Waals surface area contributed by atoms with Gasteiger partial charge in [0.15, 0.2) is 0 Å². The zero-order valence-corrected chi connectivity index (χ0v) is 14.2. The Morgan fingerprint density at radius 1 is 1.48 bits per heavy atom. The molecule has 0 bridgehead atoms. The van der Waals surface area contributed by atoms with Crippen LogP contribution in [0.3, 0.4) is 0 Å². The molecule has 4 atom stereocenters. The summed E-state index contributed by atoms with van der Waals surface area (Å²) >= 11 is 2.07. The van der Waals surface area contributed by atoms with Crippen molar-refractivity contribution >= 4 is 17.7 Å². The van der Waals surface area contributed by atoms with Gasteiger partial charge in [0.05, 0.1) is 6.04 Å². The highest BCUT2D eigenvalue weighted by atomic mass is 32.2. The molecule has 0 spiro atoms. The molecule has 0 radical (unpaired) electrons. The Balaban J connectivity index is 1.93. The number of fused-ring (bicyclic) bond motifs is 3. The number of thioether (sulfide) groups is 1. The van der Waals surface area contributed by atoms with Gasteiger partial charge in [0.25, 0.3) is 0 Å². The minimum absolute atomic E-state index is 0.133. The summed E-state index contributed by atoms with van der Waals surface area (Å²) in [7, 11) is 0. The summed E-state index contributed by atoms with van der Waals surface area (Å²) in [4.78, 5) is 14.5. The molecule has 3 rings (SSSR count). The van der Waals surface area contributed by atoms with E-state index >= 15 is 0 Å². The molecule has 0 N–H and O–H groups in total. The Labute approximate surface area is 132 Å². The summed E-state index contributed by atoms with van der Waals surface area (Å²) in [5.41, 5.74) is 0.857. The normalized spacial score (nSPS) is 40.0. The monoisotopic (exact) mass is 309 g/mol. The van der Waals surface area contributed by atoms with Crippen molar-refractivity contribution in [3.63, 3.8) is 0 Å². The number of piperidine rings is 1. The van der Waals surface area contributed by atoms with Gasteiger partial charge in [0, 0.05) is 17.4 Å². The van der Waals surface area contributed by atoms with Crippen LogP contribution in [0.1, 0.15) is 52.9 Å². The van der Waals surface area contributed by atoms with Crippen molar-refractivity contribution in [3.05, 3.63) is 11.6 Å². The van der Waals surface area contributed by atoms with Crippen molar-refractivity contribution < 1.29 is 9.53 Å². The van der Waals surface area contributed by atoms with Crippen molar-refractivity contribution in [2.45, 2.75) is 75.8 Å². The van der Waals surface area contributed by atoms with Crippen LogP contribution in [-0.2, 0) is 9.53 Å². The first-order valence-electron chi connectivity index (χ1n) is 8.37. The fourth-order valence-electron chi connectivity index (χ4n) is 4.23. The Morgan fingerprint density at radius 2 is 2.29 bits per heavy atom. The minimum Gasteiger partial charge on any atom is -0.450 e. The molecule has 0 amide bonds. The van der Waals surface area contributed by atoms with Gasteiger partial charge in [-0.2, -0.15) is 11.8 Å². The van der Waals surface area contributed by atoms with E-state index in [9.17, 15) is 4.79 Å². The van der Waals surface area contributed by atoms with E-state index in [1.54, 1.807) is 6.08 Å². The van der Waals surface area contributed by atoms with Gasteiger partial charge < -0.3 is 4.74 Å². The second-order valence-electron chi connectivity index (χ2n) is 6.80. The molecule has 3 heterocycles. The topological polar surface area (TPSA) is 29.5 Å². The van der Waals surface area contributed by atoms with Gasteiger partial charge in [-0.05, 0) is 57.4 Å². The first kappa shape index (κ1) is 15.4. The lowest BCUT2D eigenvalue weighted by molar-refractivity contribution is -0.151. The van der Waals surface area contributed by atoms with E-state index in [1.807, 2.05) is 0 Å². The molecule has 2 fully saturated rings. The molecule has 0 aliphatic carbocycles. The Hall–Kier alpha value is -0.480. The predicted octanol–water partition coefficient (Wildman–Crippen LogP) is 3.39. The van der Waals surface area contributed by atoms with Crippen LogP contribution in [0.5, 0.6) is 0 Å². The summed E-state index contributed by atoms with van der Waals surface area (Å²) in [5.74, 6) is 1.07. The van der Waals surface area contributed by atoms with Crippen molar-refractivity contribution in [2.75, 3.05) is 12.3 Å². The highest BCUT2D eigenvalue weighted by molar-refractivity contribution is 7.99. The van der Waals surface area contributed by atoms with Gasteiger partial charge in [-0.3, -0.25) is 4.90 Å². The molecule has 3 nitrogen and oxygen atoms in total. The van der Waals surface area contributed by atoms with E-state index in [0.717, 1.165) is 19.4 Å². The second-order valence-corrected chi connectivity index (χ2v) is 8.15. The number of nitrogens with zero attached hydrogens (tertiary/aromatic N) is 1. The third kappa shape index (κ3) is 2.65. The summed E-state index contributed by atoms with van der Waals surface area (Å²) in [6, 6.07) is 0.931. The van der Waals surface area contributed by atoms with E-state index in [0.29, 0.717) is 17.3 Å². The third-order valence-electron chi connectivity index (χ3n) is 5.44. The van der Waals surface area contributed by atoms with Crippen LogP contribution in [0.4, 0.5) is 0 Å². The number of carbonyl (C=O) groups excluding carboxylic acids is 1. The maximum Gasteiger partial charge on any atom is 0.331 e. The van der Waals surface area contributed by atoms with Crippen LogP contribution in [-0.4, -0.2) is 46.1 Å². The van der Waals surface area contributed by atoms with Crippen molar-refractivity contribution in [1.82, 2.24) is 4.90 Å². The molecule has 2 saturated heterocycles. The molecule has 0 aromatic rings. The molecule has 118 valence electrons. The van der Waals surface area contributed by atoms with E-state index in [4.69, 9.17) is 4.74 Å². The maximum absolute atomic E-state index is 11.9. The van der Waals surface area contributed by atoms with Gasteiger partial charge in [-0.1, -0.05) is 13.3 Å². The molecule has 3 aliphatic rings. The highest BCUT2D eigenvalue weighted by Crippen LogP contribution is 2.46. The quantitative estimate of drug-likeness (QED) is 0.748. The molecule has 0 aromatic carbocycles. The van der Waals surface area contributed by atoms with Gasteiger partial charge in [-0.15, -0.1) is 0 Å². The molecule has 0 aromatic heterocycles. The number of hydrogen-bond acceptors (Lipinski definition) is 4. The van der Waals surface area contributed by atoms with E-state index < -0.39 is 0 Å². The largest absolute Gasteiger partial charge is 0.450 e. The van der Waals surface area contributed by atoms with Crippen molar-refractivity contribution in [2.24, 2.45) is 0 Å². The molecule has 1 unspecified atom stereocenters. The van der Waals surface area contributed by atoms with Crippen LogP contribution < -0.4 is 0 Å². The van der Waals surface area contributed by atoms with Crippen LogP contribution in [0.2, 0.25) is 0 Å². The molecule has 0 saturated carbocycles. The summed E-state index contributed by atoms with van der Waals surface area (Å²) in [6.45, 7) is 7.91. The van der Waals surface area contributed by atoms with Crippen LogP contribution in [0, 0.1) is 0 Å². The van der Waals surface area contributed by atoms with E-state index in [-0.39, 0.29) is 11.6 Å². The average molecular weight is 309 g/mol. The van der Waals surface area contributed by atoms with E-state index in [2.05, 4.69) is 37.4 Å². The number of esters is 1. The zero-order chi connectivity index (χ0) is 15.0. The van der Waals surface area contributed by atoms with Crippen molar-refractivity contribution in [1.29, 1.82) is 0 Å². The summed E-state index contributed by atoms with van der Waals surface area (Å²) in [6.07, 6.45) is 7.67. The van der Waals surface area contributed by atoms with E-state index in [1.165, 1.54) is 30.6 Å². The number of rotatable bonds is 3. The number of ether oxygens (including phenoxy) is 1. The van der Waals surface area contributed by atoms with Gasteiger partial charge in [0.1, 0.15) is 5.60 Å². The van der Waals surface area contributed by atoms with Crippen molar-refractivity contribution in [3.8, 4) is 0 Å². The lowest BCUT2D eigenvalue weighted by Crippen LogP contribution is -2.56. The van der Waals surface area contributed by atoms with Crippen LogP contribution in [0.25, 0.3) is 0 Å². The molecule has 3 aliphatic heterocycles. The fraction of sp³-hybridized carbons (Fsp3) is 0.824. The standard InChI is InChI=1S/C17H27NO2S/c1-4-9-21-14-10-13-11-16(19)20-17(13,3)15-7-5-6-8-18(15)12(14)2/h11-12,14-15H,4-10H2,1-3H3/t12-,14?,15+,17-/m0/s1.